The Balaban J connectivity index is 3.11. The van der Waals surface area contributed by atoms with E-state index in [9.17, 15) is 39.0 Å². The molecular formula is C31H52N10O8. The number of amides is 5. The Bertz CT molecular complexity index is 1290. The van der Waals surface area contributed by atoms with Crippen LogP contribution in [-0.4, -0.2) is 95.0 Å². The predicted molar refractivity (Wildman–Crippen MR) is 181 cm³/mol. The maximum absolute atomic E-state index is 13.5. The Morgan fingerprint density at radius 3 is 1.88 bits per heavy atom. The number of benzene rings is 1. The van der Waals surface area contributed by atoms with Crippen molar-refractivity contribution in [2.45, 2.75) is 95.4 Å². The third-order valence-electron chi connectivity index (χ3n) is 7.43. The number of aliphatic carboxylic acids is 1. The number of hydrogen-bond donors (Lipinski definition) is 11. The zero-order valence-electron chi connectivity index (χ0n) is 28.0. The van der Waals surface area contributed by atoms with Crippen LogP contribution in [0.25, 0.3) is 0 Å². The molecule has 0 saturated carbocycles. The molecular weight excluding hydrogens is 640 g/mol. The minimum absolute atomic E-state index is 0.0101. The number of nitrogens with zero attached hydrogens (tertiary/aromatic N) is 1. The lowest BCUT2D eigenvalue weighted by Gasteiger charge is -2.28. The maximum atomic E-state index is 13.5. The van der Waals surface area contributed by atoms with E-state index in [0.717, 1.165) is 0 Å². The van der Waals surface area contributed by atoms with Gasteiger partial charge in [0.05, 0.1) is 6.04 Å². The number of carboxylic acids is 1. The number of hydrogen-bond acceptors (Lipinski definition) is 10. The fourth-order valence-corrected chi connectivity index (χ4v) is 4.64. The van der Waals surface area contributed by atoms with Gasteiger partial charge in [-0.3, -0.25) is 29.0 Å². The van der Waals surface area contributed by atoms with E-state index in [1.807, 2.05) is 0 Å². The molecule has 5 amide bonds. The number of unbranched alkanes of at least 4 members (excludes halogenated alkanes) is 1. The lowest BCUT2D eigenvalue weighted by molar-refractivity contribution is -0.142. The molecule has 18 nitrogen and oxygen atoms in total. The van der Waals surface area contributed by atoms with Gasteiger partial charge in [0.15, 0.2) is 5.96 Å². The number of aromatic hydroxyl groups is 1. The molecule has 274 valence electrons. The zero-order valence-corrected chi connectivity index (χ0v) is 28.0. The summed E-state index contributed by atoms with van der Waals surface area (Å²) in [7, 11) is 0. The van der Waals surface area contributed by atoms with Gasteiger partial charge in [-0.2, -0.15) is 0 Å². The van der Waals surface area contributed by atoms with Crippen molar-refractivity contribution >= 4 is 41.5 Å². The second-order valence-corrected chi connectivity index (χ2v) is 12.0. The summed E-state index contributed by atoms with van der Waals surface area (Å²) in [5.41, 5.74) is 28.0. The van der Waals surface area contributed by atoms with Gasteiger partial charge in [-0.25, -0.2) is 4.79 Å². The van der Waals surface area contributed by atoms with E-state index in [1.165, 1.54) is 24.3 Å². The first-order valence-corrected chi connectivity index (χ1v) is 16.1. The monoisotopic (exact) mass is 692 g/mol. The highest BCUT2D eigenvalue weighted by Crippen LogP contribution is 2.13. The van der Waals surface area contributed by atoms with Gasteiger partial charge in [0.1, 0.15) is 29.9 Å². The Kier molecular flexibility index (Phi) is 18.7. The van der Waals surface area contributed by atoms with E-state index >= 15 is 0 Å². The molecule has 0 aliphatic heterocycles. The summed E-state index contributed by atoms with van der Waals surface area (Å²) in [6.07, 6.45) is 1.16. The van der Waals surface area contributed by atoms with Crippen LogP contribution in [0.3, 0.4) is 0 Å². The standard InChI is InChI=1S/C31H52N10O8/c1-17(2)25(29(47)40-23(30(48)49)16-18-8-10-19(42)11-9-18)41-28(46)22(12-13-24(34)43)39-27(45)21(7-3-4-14-32)38-26(44)20(33)6-5-15-37-31(35)36/h8-11,17,20-23,25,42H,3-7,12-16,32-33H2,1-2H3,(H2,34,43)(H,38,44)(H,39,45)(H,40,47)(H,41,46)(H,48,49)(H4,35,36,37)/t20-,21-,22-,23-,25-/m0/s1. The summed E-state index contributed by atoms with van der Waals surface area (Å²) in [6, 6.07) is -0.270. The van der Waals surface area contributed by atoms with E-state index in [1.54, 1.807) is 13.8 Å². The molecule has 0 spiro atoms. The van der Waals surface area contributed by atoms with E-state index in [4.69, 9.17) is 28.7 Å². The van der Waals surface area contributed by atoms with Gasteiger partial charge in [0.2, 0.25) is 29.5 Å². The van der Waals surface area contributed by atoms with Crippen LogP contribution in [0.15, 0.2) is 29.3 Å². The van der Waals surface area contributed by atoms with Crippen LogP contribution in [-0.2, 0) is 35.2 Å². The number of carboxylic acid groups (broad SMARTS) is 1. The molecule has 5 atom stereocenters. The van der Waals surface area contributed by atoms with Crippen LogP contribution >= 0.6 is 0 Å². The van der Waals surface area contributed by atoms with Gasteiger partial charge < -0.3 is 60.1 Å². The minimum atomic E-state index is -1.36. The van der Waals surface area contributed by atoms with Crippen molar-refractivity contribution < 1.29 is 39.0 Å². The molecule has 0 unspecified atom stereocenters. The molecule has 18 heteroatoms. The van der Waals surface area contributed by atoms with Crippen LogP contribution < -0.4 is 49.9 Å². The summed E-state index contributed by atoms with van der Waals surface area (Å²) in [4.78, 5) is 80.5. The van der Waals surface area contributed by atoms with E-state index in [2.05, 4.69) is 26.3 Å². The molecule has 0 aliphatic carbocycles. The molecule has 0 saturated heterocycles. The Morgan fingerprint density at radius 2 is 1.33 bits per heavy atom. The summed E-state index contributed by atoms with van der Waals surface area (Å²) in [5.74, 6) is -5.70. The molecule has 0 bridgehead atoms. The number of carbonyl (C=O) groups is 6. The van der Waals surface area contributed by atoms with Crippen molar-refractivity contribution in [3.05, 3.63) is 29.8 Å². The lowest BCUT2D eigenvalue weighted by atomic mass is 10.00. The van der Waals surface area contributed by atoms with Crippen LogP contribution in [0.4, 0.5) is 0 Å². The highest BCUT2D eigenvalue weighted by Gasteiger charge is 2.33. The highest BCUT2D eigenvalue weighted by molar-refractivity contribution is 5.95. The number of rotatable bonds is 23. The molecule has 0 fully saturated rings. The van der Waals surface area contributed by atoms with Crippen molar-refractivity contribution in [2.24, 2.45) is 39.6 Å². The molecule has 0 heterocycles. The number of phenolic OH excluding ortho intramolecular Hbond substituents is 1. The predicted octanol–water partition coefficient (Wildman–Crippen LogP) is -2.61. The van der Waals surface area contributed by atoms with Crippen LogP contribution in [0.1, 0.15) is 64.4 Å². The van der Waals surface area contributed by atoms with Crippen LogP contribution in [0, 0.1) is 5.92 Å². The quantitative estimate of drug-likeness (QED) is 0.0319. The average molecular weight is 693 g/mol. The van der Waals surface area contributed by atoms with Gasteiger partial charge in [-0.05, 0) is 68.7 Å². The Morgan fingerprint density at radius 1 is 0.755 bits per heavy atom. The first-order chi connectivity index (χ1) is 23.0. The van der Waals surface area contributed by atoms with Crippen molar-refractivity contribution in [1.82, 2.24) is 21.3 Å². The SMILES string of the molecule is CC(C)[C@H](NC(=O)[C@H](CCC(N)=O)NC(=O)[C@H](CCCCN)NC(=O)[C@@H](N)CCCN=C(N)N)C(=O)N[C@@H](Cc1ccc(O)cc1)C(=O)O. The molecule has 16 N–H and O–H groups in total. The molecule has 1 aromatic carbocycles. The lowest BCUT2D eigenvalue weighted by Crippen LogP contribution is -2.59. The third-order valence-corrected chi connectivity index (χ3v) is 7.43. The van der Waals surface area contributed by atoms with Crippen molar-refractivity contribution in [3.8, 4) is 5.75 Å². The van der Waals surface area contributed by atoms with Crippen molar-refractivity contribution in [2.75, 3.05) is 13.1 Å². The number of aliphatic imine (C=N–C) groups is 1. The number of primary amides is 1. The van der Waals surface area contributed by atoms with Crippen LogP contribution in [0.5, 0.6) is 5.75 Å². The first-order valence-electron chi connectivity index (χ1n) is 16.1. The molecule has 1 rings (SSSR count). The molecule has 0 radical (unpaired) electrons. The summed E-state index contributed by atoms with van der Waals surface area (Å²) >= 11 is 0. The van der Waals surface area contributed by atoms with Crippen molar-refractivity contribution in [3.63, 3.8) is 0 Å². The fourth-order valence-electron chi connectivity index (χ4n) is 4.64. The smallest absolute Gasteiger partial charge is 0.326 e. The third kappa shape index (κ3) is 16.6. The number of guanidine groups is 1. The average Bonchev–Trinajstić information content (AvgIpc) is 3.03. The van der Waals surface area contributed by atoms with E-state index in [-0.39, 0.29) is 50.4 Å². The molecule has 1 aromatic rings. The van der Waals surface area contributed by atoms with Gasteiger partial charge >= 0.3 is 5.97 Å². The highest BCUT2D eigenvalue weighted by atomic mass is 16.4. The number of carbonyl (C=O) groups excluding carboxylic acids is 5. The summed E-state index contributed by atoms with van der Waals surface area (Å²) in [5, 5.41) is 29.4. The molecule has 49 heavy (non-hydrogen) atoms. The topological polar surface area (TPSA) is 333 Å². The minimum Gasteiger partial charge on any atom is -0.508 e. The van der Waals surface area contributed by atoms with Crippen molar-refractivity contribution in [1.29, 1.82) is 0 Å². The second kappa shape index (κ2) is 21.8. The second-order valence-electron chi connectivity index (χ2n) is 12.0. The number of phenols is 1. The van der Waals surface area contributed by atoms with Gasteiger partial charge in [-0.1, -0.05) is 26.0 Å². The Hall–Kier alpha value is -4.97. The van der Waals surface area contributed by atoms with E-state index in [0.29, 0.717) is 31.4 Å². The first kappa shape index (κ1) is 42.1. The van der Waals surface area contributed by atoms with Gasteiger partial charge in [0, 0.05) is 19.4 Å². The van der Waals surface area contributed by atoms with Crippen LogP contribution in [0.2, 0.25) is 0 Å². The number of nitrogens with one attached hydrogen (secondary N) is 4. The summed E-state index contributed by atoms with van der Waals surface area (Å²) in [6.45, 7) is 3.85. The number of nitrogens with two attached hydrogens (primary N) is 5. The normalized spacial score (nSPS) is 14.0. The van der Waals surface area contributed by atoms with Gasteiger partial charge in [0.25, 0.3) is 0 Å². The molecule has 0 aliphatic rings. The largest absolute Gasteiger partial charge is 0.508 e. The fraction of sp³-hybridized carbons (Fsp3) is 0.581. The summed E-state index contributed by atoms with van der Waals surface area (Å²) < 4.78 is 0. The zero-order chi connectivity index (χ0) is 37.1. The van der Waals surface area contributed by atoms with Gasteiger partial charge in [-0.15, -0.1) is 0 Å². The van der Waals surface area contributed by atoms with E-state index < -0.39 is 71.6 Å². The maximum Gasteiger partial charge on any atom is 0.326 e. The Labute approximate surface area is 285 Å². The molecule has 0 aromatic heterocycles.